The molecule has 3 heterocycles. The van der Waals surface area contributed by atoms with Crippen molar-refractivity contribution in [3.63, 3.8) is 0 Å². The molecule has 3 aliphatic rings. The molecule has 0 saturated carbocycles. The monoisotopic (exact) mass is 415 g/mol. The van der Waals surface area contributed by atoms with Crippen molar-refractivity contribution >= 4 is 21.8 Å². The standard InChI is InChI=1S/C21H25N3O4S/c1-28-17-10-8-16(9-11-17)19-7-3-2-4-13-24(19)21(25)18-6-5-12-23-14-15-29(26,27)22-20(18)23/h5-6,8-12,19H,2-4,7,13-15H2,1H3/t19-/m1/s1. The van der Waals surface area contributed by atoms with Gasteiger partial charge in [-0.15, -0.1) is 4.40 Å². The Kier molecular flexibility index (Phi) is 5.45. The third-order valence-electron chi connectivity index (χ3n) is 5.60. The van der Waals surface area contributed by atoms with Gasteiger partial charge >= 0.3 is 0 Å². The van der Waals surface area contributed by atoms with Crippen LogP contribution in [0.1, 0.15) is 37.3 Å². The number of carbonyl (C=O) groups is 1. The number of rotatable bonds is 3. The van der Waals surface area contributed by atoms with Crippen LogP contribution >= 0.6 is 0 Å². The third-order valence-corrected chi connectivity index (χ3v) is 6.75. The third kappa shape index (κ3) is 4.07. The van der Waals surface area contributed by atoms with Crippen molar-refractivity contribution in [2.24, 2.45) is 4.40 Å². The van der Waals surface area contributed by atoms with E-state index in [2.05, 4.69) is 4.40 Å². The molecule has 4 rings (SSSR count). The van der Waals surface area contributed by atoms with Crippen molar-refractivity contribution in [3.8, 4) is 5.75 Å². The summed E-state index contributed by atoms with van der Waals surface area (Å²) in [6, 6.07) is 7.76. The van der Waals surface area contributed by atoms with Crippen molar-refractivity contribution in [2.45, 2.75) is 31.7 Å². The summed E-state index contributed by atoms with van der Waals surface area (Å²) in [6.45, 7) is 0.945. The highest BCUT2D eigenvalue weighted by Gasteiger charge is 2.35. The van der Waals surface area contributed by atoms with E-state index in [0.717, 1.165) is 37.0 Å². The first-order chi connectivity index (χ1) is 14.0. The van der Waals surface area contributed by atoms with Gasteiger partial charge in [-0.1, -0.05) is 25.0 Å². The maximum atomic E-state index is 13.6. The van der Waals surface area contributed by atoms with Gasteiger partial charge in [0.05, 0.1) is 24.5 Å². The van der Waals surface area contributed by atoms with E-state index < -0.39 is 10.0 Å². The number of amidine groups is 1. The summed E-state index contributed by atoms with van der Waals surface area (Å²) in [7, 11) is -1.91. The topological polar surface area (TPSA) is 79.3 Å². The molecule has 29 heavy (non-hydrogen) atoms. The van der Waals surface area contributed by atoms with Crippen LogP contribution in [0, 0.1) is 0 Å². The maximum Gasteiger partial charge on any atom is 0.258 e. The van der Waals surface area contributed by atoms with Crippen molar-refractivity contribution < 1.29 is 17.9 Å². The molecule has 7 nitrogen and oxygen atoms in total. The number of hydrogen-bond donors (Lipinski definition) is 0. The summed E-state index contributed by atoms with van der Waals surface area (Å²) in [4.78, 5) is 17.2. The lowest BCUT2D eigenvalue weighted by Crippen LogP contribution is -2.44. The van der Waals surface area contributed by atoms with Gasteiger partial charge in [0, 0.05) is 19.3 Å². The minimum atomic E-state index is -3.54. The zero-order chi connectivity index (χ0) is 20.4. The SMILES string of the molecule is COc1ccc([C@H]2CCCCCN2C(=O)C2=CC=CN3CCS(=O)(=O)N=C23)cc1. The fraction of sp³-hybridized carbons (Fsp3) is 0.429. The molecule has 3 aliphatic heterocycles. The van der Waals surface area contributed by atoms with E-state index in [0.29, 0.717) is 18.7 Å². The molecule has 1 saturated heterocycles. The Balaban J connectivity index is 1.68. The Morgan fingerprint density at radius 3 is 2.69 bits per heavy atom. The molecule has 0 N–H and O–H groups in total. The van der Waals surface area contributed by atoms with Gasteiger partial charge < -0.3 is 14.5 Å². The number of hydrogen-bond acceptors (Lipinski definition) is 5. The van der Waals surface area contributed by atoms with Gasteiger partial charge in [0.1, 0.15) is 5.75 Å². The number of ether oxygens (including phenoxy) is 1. The number of methoxy groups -OCH3 is 1. The molecule has 0 bridgehead atoms. The molecule has 1 amide bonds. The fourth-order valence-electron chi connectivity index (χ4n) is 4.06. The van der Waals surface area contributed by atoms with E-state index in [9.17, 15) is 13.2 Å². The van der Waals surface area contributed by atoms with Crippen LogP contribution in [0.15, 0.2) is 52.6 Å². The van der Waals surface area contributed by atoms with E-state index in [1.165, 1.54) is 0 Å². The average molecular weight is 416 g/mol. The molecule has 154 valence electrons. The number of nitrogens with zero attached hydrogens (tertiary/aromatic N) is 3. The molecule has 1 fully saturated rings. The highest BCUT2D eigenvalue weighted by molar-refractivity contribution is 7.90. The summed E-state index contributed by atoms with van der Waals surface area (Å²) in [5.41, 5.74) is 1.40. The molecule has 1 aromatic carbocycles. The van der Waals surface area contributed by atoms with Crippen LogP contribution in [-0.4, -0.2) is 55.9 Å². The zero-order valence-corrected chi connectivity index (χ0v) is 17.3. The number of benzene rings is 1. The lowest BCUT2D eigenvalue weighted by molar-refractivity contribution is -0.129. The number of carbonyl (C=O) groups excluding carboxylic acids is 1. The number of amides is 1. The highest BCUT2D eigenvalue weighted by Crippen LogP contribution is 2.33. The average Bonchev–Trinajstić information content (AvgIpc) is 2.98. The first-order valence-corrected chi connectivity index (χ1v) is 11.5. The first kappa shape index (κ1) is 19.7. The van der Waals surface area contributed by atoms with E-state index in [-0.39, 0.29) is 23.5 Å². The van der Waals surface area contributed by atoms with Gasteiger partial charge in [0.2, 0.25) is 0 Å². The first-order valence-electron chi connectivity index (χ1n) is 9.91. The summed E-state index contributed by atoms with van der Waals surface area (Å²) >= 11 is 0. The Morgan fingerprint density at radius 1 is 1.14 bits per heavy atom. The largest absolute Gasteiger partial charge is 0.497 e. The van der Waals surface area contributed by atoms with Gasteiger partial charge in [-0.2, -0.15) is 0 Å². The summed E-state index contributed by atoms with van der Waals surface area (Å²) in [5.74, 6) is 0.803. The molecule has 0 aromatic heterocycles. The van der Waals surface area contributed by atoms with E-state index in [4.69, 9.17) is 4.74 Å². The van der Waals surface area contributed by atoms with Crippen molar-refractivity contribution in [2.75, 3.05) is 26.0 Å². The van der Waals surface area contributed by atoms with Crippen LogP contribution in [-0.2, 0) is 14.8 Å². The number of allylic oxidation sites excluding steroid dienone is 2. The van der Waals surface area contributed by atoms with Crippen LogP contribution in [0.4, 0.5) is 0 Å². The summed E-state index contributed by atoms with van der Waals surface area (Å²) < 4.78 is 33.3. The predicted octanol–water partition coefficient (Wildman–Crippen LogP) is 2.64. The fourth-order valence-corrected chi connectivity index (χ4v) is 5.05. The van der Waals surface area contributed by atoms with Crippen LogP contribution in [0.3, 0.4) is 0 Å². The Labute approximate surface area is 171 Å². The lowest BCUT2D eigenvalue weighted by atomic mass is 9.99. The minimum absolute atomic E-state index is 0.0412. The van der Waals surface area contributed by atoms with Crippen LogP contribution in [0.5, 0.6) is 5.75 Å². The predicted molar refractivity (Wildman–Crippen MR) is 111 cm³/mol. The lowest BCUT2D eigenvalue weighted by Gasteiger charge is -2.34. The van der Waals surface area contributed by atoms with Gasteiger partial charge in [-0.05, 0) is 42.7 Å². The second-order valence-electron chi connectivity index (χ2n) is 7.45. The molecular formula is C21H25N3O4S. The Bertz CT molecular complexity index is 980. The molecule has 0 spiro atoms. The van der Waals surface area contributed by atoms with E-state index in [1.807, 2.05) is 29.2 Å². The Hall–Kier alpha value is -2.61. The van der Waals surface area contributed by atoms with Crippen molar-refractivity contribution in [1.82, 2.24) is 9.80 Å². The summed E-state index contributed by atoms with van der Waals surface area (Å²) in [6.07, 6.45) is 9.13. The van der Waals surface area contributed by atoms with Crippen LogP contribution in [0.25, 0.3) is 0 Å². The molecule has 1 atom stereocenters. The normalized spacial score (nSPS) is 23.6. The van der Waals surface area contributed by atoms with Gasteiger partial charge in [-0.3, -0.25) is 4.79 Å². The van der Waals surface area contributed by atoms with Crippen LogP contribution < -0.4 is 4.74 Å². The molecular weight excluding hydrogens is 390 g/mol. The highest BCUT2D eigenvalue weighted by atomic mass is 32.2. The quantitative estimate of drug-likeness (QED) is 0.758. The van der Waals surface area contributed by atoms with Crippen LogP contribution in [0.2, 0.25) is 0 Å². The second kappa shape index (κ2) is 8.02. The smallest absolute Gasteiger partial charge is 0.258 e. The van der Waals surface area contributed by atoms with Gasteiger partial charge in [0.15, 0.2) is 5.84 Å². The van der Waals surface area contributed by atoms with Crippen molar-refractivity contribution in [3.05, 3.63) is 53.8 Å². The molecule has 1 aromatic rings. The molecule has 0 unspecified atom stereocenters. The second-order valence-corrected chi connectivity index (χ2v) is 9.21. The Morgan fingerprint density at radius 2 is 1.93 bits per heavy atom. The number of likely N-dealkylation sites (tertiary alicyclic amines) is 1. The summed E-state index contributed by atoms with van der Waals surface area (Å²) in [5, 5.41) is 0. The number of fused-ring (bicyclic) bond motifs is 1. The zero-order valence-electron chi connectivity index (χ0n) is 16.5. The molecule has 0 aliphatic carbocycles. The maximum absolute atomic E-state index is 13.6. The van der Waals surface area contributed by atoms with Crippen molar-refractivity contribution in [1.29, 1.82) is 0 Å². The van der Waals surface area contributed by atoms with E-state index >= 15 is 0 Å². The number of sulfonamides is 1. The van der Waals surface area contributed by atoms with Gasteiger partial charge in [0.25, 0.3) is 15.9 Å². The van der Waals surface area contributed by atoms with E-state index in [1.54, 1.807) is 30.4 Å². The molecule has 8 heteroatoms. The van der Waals surface area contributed by atoms with Gasteiger partial charge in [-0.25, -0.2) is 8.42 Å². The molecule has 0 radical (unpaired) electrons. The minimum Gasteiger partial charge on any atom is -0.497 e.